The van der Waals surface area contributed by atoms with Crippen LogP contribution in [-0.2, 0) is 17.8 Å². The van der Waals surface area contributed by atoms with Crippen molar-refractivity contribution in [3.8, 4) is 0 Å². The van der Waals surface area contributed by atoms with Gasteiger partial charge in [0.1, 0.15) is 5.69 Å². The maximum Gasteiger partial charge on any atom is 0.292 e. The number of nitrogens with zero attached hydrogens (tertiary/aromatic N) is 3. The Hall–Kier alpha value is -2.34. The summed E-state index contributed by atoms with van der Waals surface area (Å²) in [6, 6.07) is 7.16. The Morgan fingerprint density at radius 2 is 2.04 bits per heavy atom. The van der Waals surface area contributed by atoms with E-state index in [1.807, 2.05) is 19.1 Å². The van der Waals surface area contributed by atoms with Crippen molar-refractivity contribution in [2.24, 2.45) is 0 Å². The fourth-order valence-electron chi connectivity index (χ4n) is 2.24. The maximum atomic E-state index is 12.3. The van der Waals surface area contributed by atoms with Gasteiger partial charge in [0.05, 0.1) is 18.3 Å². The lowest BCUT2D eigenvalue weighted by atomic mass is 10.1. The monoisotopic (exact) mass is 334 g/mol. The standard InChI is InChI=1S/C16H19ClN4O2/c1-4-21-16(23)15(20(2)3)13(10-18-21)19-14(22)9-11-7-5-6-8-12(11)17/h5-8,10H,4,9H2,1-3H3,(H,19,22). The van der Waals surface area contributed by atoms with Crippen molar-refractivity contribution in [3.63, 3.8) is 0 Å². The van der Waals surface area contributed by atoms with E-state index in [9.17, 15) is 9.59 Å². The molecule has 0 atom stereocenters. The number of benzene rings is 1. The highest BCUT2D eigenvalue weighted by molar-refractivity contribution is 6.31. The van der Waals surface area contributed by atoms with Gasteiger partial charge in [0.2, 0.25) is 5.91 Å². The van der Waals surface area contributed by atoms with Gasteiger partial charge in [-0.1, -0.05) is 29.8 Å². The van der Waals surface area contributed by atoms with Gasteiger partial charge in [-0.2, -0.15) is 5.10 Å². The minimum absolute atomic E-state index is 0.128. The molecule has 2 rings (SSSR count). The number of anilines is 2. The average molecular weight is 335 g/mol. The van der Waals surface area contributed by atoms with Crippen LogP contribution in [0.25, 0.3) is 0 Å². The van der Waals surface area contributed by atoms with E-state index in [0.29, 0.717) is 22.9 Å². The highest BCUT2D eigenvalue weighted by Crippen LogP contribution is 2.20. The van der Waals surface area contributed by atoms with E-state index in [0.717, 1.165) is 5.56 Å². The lowest BCUT2D eigenvalue weighted by Crippen LogP contribution is -2.30. The molecule has 0 radical (unpaired) electrons. The summed E-state index contributed by atoms with van der Waals surface area (Å²) in [4.78, 5) is 26.3. The van der Waals surface area contributed by atoms with Gasteiger partial charge in [0.25, 0.3) is 5.56 Å². The molecular weight excluding hydrogens is 316 g/mol. The van der Waals surface area contributed by atoms with Crippen LogP contribution >= 0.6 is 11.6 Å². The van der Waals surface area contributed by atoms with Crippen LogP contribution in [0.1, 0.15) is 12.5 Å². The van der Waals surface area contributed by atoms with Crippen molar-refractivity contribution in [2.75, 3.05) is 24.3 Å². The second kappa shape index (κ2) is 7.28. The van der Waals surface area contributed by atoms with Gasteiger partial charge in [-0.05, 0) is 18.6 Å². The molecule has 0 spiro atoms. The van der Waals surface area contributed by atoms with Crippen molar-refractivity contribution < 1.29 is 4.79 Å². The third kappa shape index (κ3) is 3.90. The van der Waals surface area contributed by atoms with E-state index in [1.54, 1.807) is 31.1 Å². The van der Waals surface area contributed by atoms with Gasteiger partial charge in [-0.25, -0.2) is 4.68 Å². The zero-order valence-electron chi connectivity index (χ0n) is 13.3. The minimum atomic E-state index is -0.253. The van der Waals surface area contributed by atoms with Crippen molar-refractivity contribution in [2.45, 2.75) is 19.9 Å². The Kier molecular flexibility index (Phi) is 5.39. The van der Waals surface area contributed by atoms with Crippen LogP contribution < -0.4 is 15.8 Å². The van der Waals surface area contributed by atoms with Crippen LogP contribution in [0.15, 0.2) is 35.3 Å². The molecule has 2 aromatic rings. The van der Waals surface area contributed by atoms with Gasteiger partial charge in [0.15, 0.2) is 0 Å². The zero-order chi connectivity index (χ0) is 17.0. The third-order valence-electron chi connectivity index (χ3n) is 3.35. The topological polar surface area (TPSA) is 67.2 Å². The highest BCUT2D eigenvalue weighted by Gasteiger charge is 2.15. The predicted molar refractivity (Wildman–Crippen MR) is 92.3 cm³/mol. The average Bonchev–Trinajstić information content (AvgIpc) is 2.49. The van der Waals surface area contributed by atoms with Gasteiger partial charge in [-0.15, -0.1) is 0 Å². The largest absolute Gasteiger partial charge is 0.371 e. The fourth-order valence-corrected chi connectivity index (χ4v) is 2.44. The first-order valence-corrected chi connectivity index (χ1v) is 7.62. The number of hydrogen-bond donors (Lipinski definition) is 1. The first-order chi connectivity index (χ1) is 10.9. The van der Waals surface area contributed by atoms with Crippen molar-refractivity contribution in [1.29, 1.82) is 0 Å². The molecule has 0 aliphatic carbocycles. The van der Waals surface area contributed by atoms with E-state index < -0.39 is 0 Å². The Bertz CT molecular complexity index is 771. The molecule has 6 nitrogen and oxygen atoms in total. The number of halogens is 1. The number of aryl methyl sites for hydroxylation is 1. The normalized spacial score (nSPS) is 10.4. The number of hydrogen-bond acceptors (Lipinski definition) is 4. The SMILES string of the molecule is CCn1ncc(NC(=O)Cc2ccccc2Cl)c(N(C)C)c1=O. The number of rotatable bonds is 5. The molecule has 0 saturated heterocycles. The Morgan fingerprint density at radius 3 is 2.65 bits per heavy atom. The number of aromatic nitrogens is 2. The van der Waals surface area contributed by atoms with Crippen LogP contribution in [0.3, 0.4) is 0 Å². The molecule has 1 aromatic heterocycles. The molecule has 0 aliphatic heterocycles. The number of carbonyl (C=O) groups is 1. The van der Waals surface area contributed by atoms with E-state index in [4.69, 9.17) is 11.6 Å². The van der Waals surface area contributed by atoms with Crippen LogP contribution in [-0.4, -0.2) is 29.8 Å². The molecule has 0 saturated carbocycles. The Morgan fingerprint density at radius 1 is 1.35 bits per heavy atom. The number of carbonyl (C=O) groups excluding carboxylic acids is 1. The van der Waals surface area contributed by atoms with E-state index >= 15 is 0 Å². The van der Waals surface area contributed by atoms with Crippen molar-refractivity contribution >= 4 is 28.9 Å². The van der Waals surface area contributed by atoms with E-state index in [-0.39, 0.29) is 17.9 Å². The molecule has 23 heavy (non-hydrogen) atoms. The Balaban J connectivity index is 2.26. The van der Waals surface area contributed by atoms with Crippen LogP contribution in [0.4, 0.5) is 11.4 Å². The first kappa shape index (κ1) is 17.0. The second-order valence-electron chi connectivity index (χ2n) is 5.24. The van der Waals surface area contributed by atoms with Gasteiger partial charge in [-0.3, -0.25) is 9.59 Å². The summed E-state index contributed by atoms with van der Waals surface area (Å²) in [5.74, 6) is -0.253. The first-order valence-electron chi connectivity index (χ1n) is 7.24. The zero-order valence-corrected chi connectivity index (χ0v) is 14.1. The number of nitrogens with one attached hydrogen (secondary N) is 1. The van der Waals surface area contributed by atoms with Crippen molar-refractivity contribution in [3.05, 3.63) is 51.4 Å². The molecule has 0 bridgehead atoms. The van der Waals surface area contributed by atoms with Gasteiger partial charge >= 0.3 is 0 Å². The molecule has 7 heteroatoms. The molecule has 122 valence electrons. The van der Waals surface area contributed by atoms with E-state index in [1.165, 1.54) is 10.9 Å². The second-order valence-corrected chi connectivity index (χ2v) is 5.65. The summed E-state index contributed by atoms with van der Waals surface area (Å²) in [6.45, 7) is 2.30. The summed E-state index contributed by atoms with van der Waals surface area (Å²) in [5, 5.41) is 7.34. The van der Waals surface area contributed by atoms with Crippen LogP contribution in [0, 0.1) is 0 Å². The maximum absolute atomic E-state index is 12.3. The van der Waals surface area contributed by atoms with Crippen LogP contribution in [0.2, 0.25) is 5.02 Å². The fraction of sp³-hybridized carbons (Fsp3) is 0.312. The minimum Gasteiger partial charge on any atom is -0.371 e. The highest BCUT2D eigenvalue weighted by atomic mass is 35.5. The molecule has 0 aliphatic rings. The molecule has 0 fully saturated rings. The smallest absolute Gasteiger partial charge is 0.292 e. The predicted octanol–water partition coefficient (Wildman–Crippen LogP) is 2.16. The molecular formula is C16H19ClN4O2. The Labute approximate surface area is 139 Å². The number of amides is 1. The van der Waals surface area contributed by atoms with Gasteiger partial charge in [0, 0.05) is 25.7 Å². The summed E-state index contributed by atoms with van der Waals surface area (Å²) < 4.78 is 1.35. The molecule has 1 amide bonds. The summed E-state index contributed by atoms with van der Waals surface area (Å²) in [5.41, 5.74) is 1.28. The lowest BCUT2D eigenvalue weighted by molar-refractivity contribution is -0.115. The third-order valence-corrected chi connectivity index (χ3v) is 3.72. The summed E-state index contributed by atoms with van der Waals surface area (Å²) in [7, 11) is 3.50. The van der Waals surface area contributed by atoms with Crippen LogP contribution in [0.5, 0.6) is 0 Å². The molecule has 0 unspecified atom stereocenters. The van der Waals surface area contributed by atoms with E-state index in [2.05, 4.69) is 10.4 Å². The van der Waals surface area contributed by atoms with Gasteiger partial charge < -0.3 is 10.2 Å². The molecule has 1 aromatic carbocycles. The lowest BCUT2D eigenvalue weighted by Gasteiger charge is -2.18. The summed E-state index contributed by atoms with van der Waals surface area (Å²) >= 11 is 6.06. The molecule has 1 heterocycles. The molecule has 1 N–H and O–H groups in total. The quantitative estimate of drug-likeness (QED) is 0.910. The summed E-state index contributed by atoms with van der Waals surface area (Å²) in [6.07, 6.45) is 1.62. The van der Waals surface area contributed by atoms with Crippen molar-refractivity contribution in [1.82, 2.24) is 9.78 Å².